The van der Waals surface area contributed by atoms with E-state index in [2.05, 4.69) is 129 Å². The Morgan fingerprint density at radius 1 is 0.868 bits per heavy atom. The zero-order chi connectivity index (χ0) is 36.8. The van der Waals surface area contributed by atoms with Gasteiger partial charge in [0, 0.05) is 45.4 Å². The van der Waals surface area contributed by atoms with Gasteiger partial charge >= 0.3 is 0 Å². The zero-order valence-electron chi connectivity index (χ0n) is 32.8. The van der Waals surface area contributed by atoms with Crippen molar-refractivity contribution in [1.82, 2.24) is 4.98 Å². The number of allylic oxidation sites excluding steroid dienone is 1. The molecule has 3 unspecified atom stereocenters. The molecule has 0 N–H and O–H groups in total. The smallest absolute Gasteiger partial charge is 0.249 e. The van der Waals surface area contributed by atoms with Crippen LogP contribution in [-0.4, -0.2) is 13.1 Å². The Hall–Kier alpha value is -4.35. The number of pyridine rings is 3. The highest BCUT2D eigenvalue weighted by Crippen LogP contribution is 2.47. The van der Waals surface area contributed by atoms with Gasteiger partial charge in [-0.25, -0.2) is 4.98 Å². The van der Waals surface area contributed by atoms with Crippen LogP contribution in [0.25, 0.3) is 50.3 Å². The first kappa shape index (κ1) is 34.4. The molecule has 3 atom stereocenters. The van der Waals surface area contributed by atoms with Crippen molar-refractivity contribution < 1.29 is 13.6 Å². The third kappa shape index (κ3) is 5.64. The molecule has 1 aliphatic carbocycles. The van der Waals surface area contributed by atoms with Crippen LogP contribution in [0.5, 0.6) is 0 Å². The second-order valence-corrected chi connectivity index (χ2v) is 22.8. The maximum Gasteiger partial charge on any atom is 0.249 e. The number of hydrogen-bond donors (Lipinski definition) is 0. The minimum Gasteiger partial charge on any atom is -0.437 e. The number of aryl methyl sites for hydroxylation is 2. The van der Waals surface area contributed by atoms with Crippen LogP contribution in [0.15, 0.2) is 90.1 Å². The van der Waals surface area contributed by atoms with E-state index in [1.54, 1.807) is 5.19 Å². The molecule has 53 heavy (non-hydrogen) atoms. The lowest BCUT2D eigenvalue weighted by Gasteiger charge is -2.32. The Bertz CT molecular complexity index is 2420. The highest BCUT2D eigenvalue weighted by Gasteiger charge is 2.48. The topological polar surface area (TPSA) is 33.8 Å². The van der Waals surface area contributed by atoms with Gasteiger partial charge in [-0.2, -0.15) is 9.13 Å². The van der Waals surface area contributed by atoms with Gasteiger partial charge in [-0.1, -0.05) is 90.0 Å². The van der Waals surface area contributed by atoms with Crippen LogP contribution in [0.3, 0.4) is 0 Å². The second-order valence-electron chi connectivity index (χ2n) is 17.8. The van der Waals surface area contributed by atoms with Crippen molar-refractivity contribution in [2.24, 2.45) is 5.92 Å². The standard InChI is InChI=1S/C48H55N3OSi/c1-29(2)41-27-42-37-17-13-12-16-36(37)38-22-19-34-20-23-39-40-21-18-30(3)49-48(40)52-47(39)45(34)43-26-35(31(4)33-14-10-9-11-15-33)24-25-50(43)32(5)46(38)51(42)28-44(41)53(6,7)8/h12-13,16-18,20-21,23-29,31,33,38,46H,5,9-11,14-15,19,22H2,1-4,6-8H3/q+2. The normalized spacial score (nSPS) is 19.5. The fourth-order valence-corrected chi connectivity index (χ4v) is 12.0. The highest BCUT2D eigenvalue weighted by atomic mass is 28.3. The summed E-state index contributed by atoms with van der Waals surface area (Å²) in [6, 6.07) is 25.7. The SMILES string of the molecule is C=C1C2C(CCc3ccc4c(oc5nc(C)ccc54)c3-c3cc(C(C)C4CCCCC4)cc[n+]31)c1ccccc1-c1cc(C(C)C)c([Si](C)(C)C)c[n+]12. The molecule has 9 rings (SSSR count). The molecular weight excluding hydrogens is 663 g/mol. The van der Waals surface area contributed by atoms with E-state index < -0.39 is 8.07 Å². The summed E-state index contributed by atoms with van der Waals surface area (Å²) >= 11 is 0. The molecule has 4 aromatic heterocycles. The lowest BCUT2D eigenvalue weighted by molar-refractivity contribution is -0.726. The molecule has 1 fully saturated rings. The van der Waals surface area contributed by atoms with E-state index in [1.807, 2.05) is 6.92 Å². The molecule has 0 radical (unpaired) electrons. The molecular formula is C48H55N3OSi+2. The van der Waals surface area contributed by atoms with Crippen molar-refractivity contribution in [1.29, 1.82) is 0 Å². The lowest BCUT2D eigenvalue weighted by Crippen LogP contribution is -2.57. The van der Waals surface area contributed by atoms with Gasteiger partial charge in [-0.05, 0) is 97.4 Å². The fraction of sp³-hybridized carbons (Fsp3) is 0.396. The number of nitrogens with zero attached hydrogens (tertiary/aromatic N) is 3. The molecule has 0 amide bonds. The van der Waals surface area contributed by atoms with Gasteiger partial charge in [0.25, 0.3) is 0 Å². The molecule has 1 saturated carbocycles. The average molecular weight is 718 g/mol. The van der Waals surface area contributed by atoms with Gasteiger partial charge in [0.2, 0.25) is 28.8 Å². The Morgan fingerprint density at radius 3 is 2.42 bits per heavy atom. The van der Waals surface area contributed by atoms with E-state index in [-0.39, 0.29) is 12.0 Å². The van der Waals surface area contributed by atoms with Crippen molar-refractivity contribution in [3.63, 3.8) is 0 Å². The van der Waals surface area contributed by atoms with Gasteiger partial charge in [-0.15, -0.1) is 0 Å². The molecule has 2 aliphatic heterocycles. The van der Waals surface area contributed by atoms with Crippen LogP contribution >= 0.6 is 0 Å². The van der Waals surface area contributed by atoms with E-state index in [0.29, 0.717) is 11.8 Å². The average Bonchev–Trinajstić information content (AvgIpc) is 3.54. The van der Waals surface area contributed by atoms with Gasteiger partial charge in [0.15, 0.2) is 18.0 Å². The Balaban J connectivity index is 1.32. The summed E-state index contributed by atoms with van der Waals surface area (Å²) in [4.78, 5) is 4.87. The second kappa shape index (κ2) is 12.9. The number of fused-ring (bicyclic) bond motifs is 13. The van der Waals surface area contributed by atoms with E-state index in [0.717, 1.165) is 52.2 Å². The van der Waals surface area contributed by atoms with Crippen LogP contribution in [-0.2, 0) is 6.42 Å². The molecule has 6 aromatic rings. The monoisotopic (exact) mass is 717 g/mol. The molecule has 2 aromatic carbocycles. The maximum atomic E-state index is 6.84. The maximum absolute atomic E-state index is 6.84. The summed E-state index contributed by atoms with van der Waals surface area (Å²) in [5.74, 6) is 1.92. The summed E-state index contributed by atoms with van der Waals surface area (Å²) in [6.45, 7) is 21.8. The Kier molecular flexibility index (Phi) is 8.38. The largest absolute Gasteiger partial charge is 0.437 e. The molecule has 0 spiro atoms. The lowest BCUT2D eigenvalue weighted by atomic mass is 9.77. The first-order valence-corrected chi connectivity index (χ1v) is 23.8. The van der Waals surface area contributed by atoms with Crippen LogP contribution in [0.1, 0.15) is 111 Å². The molecule has 270 valence electrons. The number of furan rings is 1. The number of hydrogen-bond acceptors (Lipinski definition) is 2. The highest BCUT2D eigenvalue weighted by molar-refractivity contribution is 6.89. The molecule has 5 heteroatoms. The van der Waals surface area contributed by atoms with Gasteiger partial charge in [-0.3, -0.25) is 0 Å². The predicted octanol–water partition coefficient (Wildman–Crippen LogP) is 11.3. The van der Waals surface area contributed by atoms with Crippen molar-refractivity contribution >= 4 is 41.0 Å². The summed E-state index contributed by atoms with van der Waals surface area (Å²) < 4.78 is 11.9. The van der Waals surface area contributed by atoms with Crippen LogP contribution in [0.4, 0.5) is 0 Å². The van der Waals surface area contributed by atoms with E-state index in [9.17, 15) is 0 Å². The first-order chi connectivity index (χ1) is 25.5. The summed E-state index contributed by atoms with van der Waals surface area (Å²) in [5, 5.41) is 3.77. The minimum absolute atomic E-state index is 0.0615. The van der Waals surface area contributed by atoms with Gasteiger partial charge in [0.1, 0.15) is 0 Å². The van der Waals surface area contributed by atoms with Crippen molar-refractivity contribution in [2.45, 2.75) is 116 Å². The molecule has 0 bridgehead atoms. The third-order valence-electron chi connectivity index (χ3n) is 13.1. The van der Waals surface area contributed by atoms with Crippen molar-refractivity contribution in [3.05, 3.63) is 114 Å². The predicted molar refractivity (Wildman–Crippen MR) is 221 cm³/mol. The van der Waals surface area contributed by atoms with E-state index in [1.165, 1.54) is 76.9 Å². The van der Waals surface area contributed by atoms with Gasteiger partial charge in [0.05, 0.1) is 19.6 Å². The van der Waals surface area contributed by atoms with Gasteiger partial charge < -0.3 is 4.42 Å². The number of aromatic nitrogens is 3. The minimum atomic E-state index is -1.69. The fourth-order valence-electron chi connectivity index (χ4n) is 10.2. The Labute approximate surface area is 316 Å². The zero-order valence-corrected chi connectivity index (χ0v) is 33.8. The molecule has 6 heterocycles. The first-order valence-electron chi connectivity index (χ1n) is 20.3. The molecule has 4 nitrogen and oxygen atoms in total. The quantitative estimate of drug-likeness (QED) is 0.134. The van der Waals surface area contributed by atoms with Crippen molar-refractivity contribution in [3.8, 4) is 22.5 Å². The van der Waals surface area contributed by atoms with E-state index >= 15 is 0 Å². The van der Waals surface area contributed by atoms with Crippen LogP contribution in [0, 0.1) is 12.8 Å². The summed E-state index contributed by atoms with van der Waals surface area (Å²) in [5.41, 5.74) is 14.5. The number of benzene rings is 2. The van der Waals surface area contributed by atoms with Crippen molar-refractivity contribution in [2.75, 3.05) is 0 Å². The molecule has 0 saturated heterocycles. The van der Waals surface area contributed by atoms with Crippen LogP contribution in [0.2, 0.25) is 19.6 Å². The number of rotatable bonds is 4. The van der Waals surface area contributed by atoms with E-state index in [4.69, 9.17) is 16.0 Å². The van der Waals surface area contributed by atoms with Crippen LogP contribution < -0.4 is 14.3 Å². The summed E-state index contributed by atoms with van der Waals surface area (Å²) in [7, 11) is -1.69. The molecule has 3 aliphatic rings. The Morgan fingerprint density at radius 2 is 1.64 bits per heavy atom. The summed E-state index contributed by atoms with van der Waals surface area (Å²) in [6.07, 6.45) is 13.6. The third-order valence-corrected chi connectivity index (χ3v) is 15.2.